The molecule has 0 saturated carbocycles. The van der Waals surface area contributed by atoms with Crippen molar-refractivity contribution in [3.05, 3.63) is 29.3 Å². The zero-order valence-corrected chi connectivity index (χ0v) is 10.2. The van der Waals surface area contributed by atoms with Crippen LogP contribution in [0.1, 0.15) is 30.4 Å². The second kappa shape index (κ2) is 4.05. The highest BCUT2D eigenvalue weighted by Crippen LogP contribution is 2.42. The third-order valence-corrected chi connectivity index (χ3v) is 4.18. The van der Waals surface area contributed by atoms with E-state index in [2.05, 4.69) is 26.0 Å². The third kappa shape index (κ3) is 1.85. The van der Waals surface area contributed by atoms with Crippen molar-refractivity contribution in [2.75, 3.05) is 7.11 Å². The van der Waals surface area contributed by atoms with Gasteiger partial charge in [-0.05, 0) is 41.5 Å². The molecule has 0 amide bonds. The first-order valence-electron chi connectivity index (χ1n) is 5.44. The molecule has 0 heterocycles. The van der Waals surface area contributed by atoms with Crippen molar-refractivity contribution in [2.24, 2.45) is 11.8 Å². The molecule has 0 bridgehead atoms. The van der Waals surface area contributed by atoms with Crippen LogP contribution in [0.15, 0.2) is 18.2 Å². The van der Waals surface area contributed by atoms with Crippen molar-refractivity contribution in [1.29, 1.82) is 0 Å². The van der Waals surface area contributed by atoms with Crippen molar-refractivity contribution in [3.8, 4) is 5.75 Å². The largest absolute Gasteiger partial charge is 0.497 e. The summed E-state index contributed by atoms with van der Waals surface area (Å²) in [6.45, 7) is 4.50. The van der Waals surface area contributed by atoms with E-state index in [1.54, 1.807) is 7.11 Å². The van der Waals surface area contributed by atoms with E-state index in [9.17, 15) is 0 Å². The van der Waals surface area contributed by atoms with Gasteiger partial charge in [-0.1, -0.05) is 19.9 Å². The predicted molar refractivity (Wildman–Crippen MR) is 63.6 cm³/mol. The number of hydrogen-bond donors (Lipinski definition) is 0. The number of methoxy groups -OCH3 is 1. The van der Waals surface area contributed by atoms with Gasteiger partial charge >= 0.3 is 0 Å². The SMILES string of the molecule is COc1ccc2c(c1)C(Cl)C(C)C(C)C2. The molecule has 0 saturated heterocycles. The first-order chi connectivity index (χ1) is 7.13. The van der Waals surface area contributed by atoms with Gasteiger partial charge in [0.1, 0.15) is 5.75 Å². The van der Waals surface area contributed by atoms with Gasteiger partial charge in [0.15, 0.2) is 0 Å². The minimum atomic E-state index is 0.124. The summed E-state index contributed by atoms with van der Waals surface area (Å²) in [6.07, 6.45) is 1.13. The van der Waals surface area contributed by atoms with Crippen LogP contribution >= 0.6 is 11.6 Å². The molecule has 0 N–H and O–H groups in total. The van der Waals surface area contributed by atoms with Crippen LogP contribution in [0.25, 0.3) is 0 Å². The number of benzene rings is 1. The summed E-state index contributed by atoms with van der Waals surface area (Å²) in [4.78, 5) is 0. The van der Waals surface area contributed by atoms with Crippen molar-refractivity contribution >= 4 is 11.6 Å². The van der Waals surface area contributed by atoms with Crippen LogP contribution in [0.2, 0.25) is 0 Å². The van der Waals surface area contributed by atoms with E-state index < -0.39 is 0 Å². The van der Waals surface area contributed by atoms with Crippen molar-refractivity contribution in [3.63, 3.8) is 0 Å². The van der Waals surface area contributed by atoms with Crippen molar-refractivity contribution in [2.45, 2.75) is 25.6 Å². The van der Waals surface area contributed by atoms with Crippen LogP contribution in [-0.4, -0.2) is 7.11 Å². The maximum atomic E-state index is 6.47. The van der Waals surface area contributed by atoms with Crippen molar-refractivity contribution < 1.29 is 4.74 Å². The number of fused-ring (bicyclic) bond motifs is 1. The molecular weight excluding hydrogens is 208 g/mol. The number of hydrogen-bond acceptors (Lipinski definition) is 1. The molecular formula is C13H17ClO. The van der Waals surface area contributed by atoms with Crippen LogP contribution in [0.4, 0.5) is 0 Å². The van der Waals surface area contributed by atoms with Gasteiger partial charge in [-0.3, -0.25) is 0 Å². The molecule has 0 radical (unpaired) electrons. The number of ether oxygens (including phenoxy) is 1. The molecule has 3 atom stereocenters. The molecule has 0 aromatic heterocycles. The smallest absolute Gasteiger partial charge is 0.119 e. The van der Waals surface area contributed by atoms with Crippen LogP contribution < -0.4 is 4.74 Å². The molecule has 2 rings (SSSR count). The van der Waals surface area contributed by atoms with Gasteiger partial charge in [0.2, 0.25) is 0 Å². The molecule has 0 fully saturated rings. The maximum absolute atomic E-state index is 6.47. The van der Waals surface area contributed by atoms with Crippen LogP contribution in [0.3, 0.4) is 0 Å². The summed E-state index contributed by atoms with van der Waals surface area (Å²) >= 11 is 6.47. The minimum absolute atomic E-state index is 0.124. The number of halogens is 1. The lowest BCUT2D eigenvalue weighted by molar-refractivity contribution is 0.348. The molecule has 1 nitrogen and oxygen atoms in total. The fourth-order valence-corrected chi connectivity index (χ4v) is 2.70. The number of alkyl halides is 1. The van der Waals surface area contributed by atoms with Gasteiger partial charge in [0, 0.05) is 0 Å². The molecule has 0 aliphatic heterocycles. The Morgan fingerprint density at radius 2 is 2.07 bits per heavy atom. The average Bonchev–Trinajstić information content (AvgIpc) is 2.26. The molecule has 3 unspecified atom stereocenters. The van der Waals surface area contributed by atoms with Gasteiger partial charge in [0.05, 0.1) is 12.5 Å². The quantitative estimate of drug-likeness (QED) is 0.660. The van der Waals surface area contributed by atoms with E-state index in [0.717, 1.165) is 12.2 Å². The normalized spacial score (nSPS) is 29.7. The van der Waals surface area contributed by atoms with Gasteiger partial charge in [0.25, 0.3) is 0 Å². The highest BCUT2D eigenvalue weighted by molar-refractivity contribution is 6.21. The third-order valence-electron chi connectivity index (χ3n) is 3.55. The lowest BCUT2D eigenvalue weighted by atomic mass is 9.77. The summed E-state index contributed by atoms with van der Waals surface area (Å²) in [5.74, 6) is 2.10. The Kier molecular flexibility index (Phi) is 2.92. The predicted octanol–water partition coefficient (Wildman–Crippen LogP) is 3.80. The van der Waals surface area contributed by atoms with Crippen LogP contribution in [0, 0.1) is 11.8 Å². The van der Waals surface area contributed by atoms with Crippen LogP contribution in [0.5, 0.6) is 5.75 Å². The summed E-state index contributed by atoms with van der Waals surface area (Å²) in [6, 6.07) is 6.24. The fourth-order valence-electron chi connectivity index (χ4n) is 2.25. The first-order valence-corrected chi connectivity index (χ1v) is 5.88. The molecule has 82 valence electrons. The van der Waals surface area contributed by atoms with Crippen LogP contribution in [-0.2, 0) is 6.42 Å². The van der Waals surface area contributed by atoms with Gasteiger partial charge in [-0.25, -0.2) is 0 Å². The van der Waals surface area contributed by atoms with E-state index in [-0.39, 0.29) is 5.38 Å². The monoisotopic (exact) mass is 224 g/mol. The highest BCUT2D eigenvalue weighted by Gasteiger charge is 2.30. The molecule has 1 aliphatic rings. The maximum Gasteiger partial charge on any atom is 0.119 e. The van der Waals surface area contributed by atoms with Crippen molar-refractivity contribution in [1.82, 2.24) is 0 Å². The first kappa shape index (κ1) is 10.8. The fraction of sp³-hybridized carbons (Fsp3) is 0.538. The molecule has 1 aromatic carbocycles. The zero-order valence-electron chi connectivity index (χ0n) is 9.46. The molecule has 15 heavy (non-hydrogen) atoms. The number of rotatable bonds is 1. The van der Waals surface area contributed by atoms with Gasteiger partial charge < -0.3 is 4.74 Å². The minimum Gasteiger partial charge on any atom is -0.497 e. The average molecular weight is 225 g/mol. The van der Waals surface area contributed by atoms with Gasteiger partial charge in [-0.2, -0.15) is 0 Å². The topological polar surface area (TPSA) is 9.23 Å². The lowest BCUT2D eigenvalue weighted by Crippen LogP contribution is -2.22. The second-order valence-corrected chi connectivity index (χ2v) is 4.98. The van der Waals surface area contributed by atoms with E-state index in [1.807, 2.05) is 6.07 Å². The Hall–Kier alpha value is -0.690. The lowest BCUT2D eigenvalue weighted by Gasteiger charge is -2.32. The molecule has 0 spiro atoms. The molecule has 1 aromatic rings. The van der Waals surface area contributed by atoms with E-state index in [4.69, 9.17) is 16.3 Å². The Balaban J connectivity index is 2.42. The molecule has 2 heteroatoms. The van der Waals surface area contributed by atoms with E-state index in [1.165, 1.54) is 11.1 Å². The Bertz CT molecular complexity index is 362. The Morgan fingerprint density at radius 1 is 1.33 bits per heavy atom. The standard InChI is InChI=1S/C13H17ClO/c1-8-6-10-4-5-11(15-3)7-12(10)13(14)9(8)2/h4-5,7-9,13H,6H2,1-3H3. The van der Waals surface area contributed by atoms with Gasteiger partial charge in [-0.15, -0.1) is 11.6 Å². The van der Waals surface area contributed by atoms with E-state index >= 15 is 0 Å². The second-order valence-electron chi connectivity index (χ2n) is 4.51. The summed E-state index contributed by atoms with van der Waals surface area (Å²) in [5.41, 5.74) is 2.63. The van der Waals surface area contributed by atoms with E-state index in [0.29, 0.717) is 11.8 Å². The zero-order chi connectivity index (χ0) is 11.0. The molecule has 1 aliphatic carbocycles. The summed E-state index contributed by atoms with van der Waals surface area (Å²) in [5, 5.41) is 0.124. The Morgan fingerprint density at radius 3 is 2.73 bits per heavy atom. The highest BCUT2D eigenvalue weighted by atomic mass is 35.5. The summed E-state index contributed by atoms with van der Waals surface area (Å²) < 4.78 is 5.23. The Labute approximate surface area is 96.4 Å². The summed E-state index contributed by atoms with van der Waals surface area (Å²) in [7, 11) is 1.69.